The van der Waals surface area contributed by atoms with Crippen LogP contribution in [0.25, 0.3) is 0 Å². The number of rotatable bonds is 6. The van der Waals surface area contributed by atoms with Crippen LogP contribution in [0.5, 0.6) is 0 Å². The monoisotopic (exact) mass is 549 g/mol. The standard InChI is InChI=1S/C22H36ClN5O.HI/c1-16(2)28-14-17(3)20(15-28)26-22(24-4)25-13-21(27-9-11-29-12-10-27)18-7-5-6-8-19(18)23;/h5-8,16-17,20-21H,9-15H2,1-4H3,(H2,24,25,26);1H. The summed E-state index contributed by atoms with van der Waals surface area (Å²) in [7, 11) is 1.84. The van der Waals surface area contributed by atoms with E-state index in [1.165, 1.54) is 0 Å². The molecular formula is C22H37ClIN5O. The quantitative estimate of drug-likeness (QED) is 0.324. The van der Waals surface area contributed by atoms with Crippen molar-refractivity contribution >= 4 is 41.5 Å². The van der Waals surface area contributed by atoms with Crippen molar-refractivity contribution in [3.8, 4) is 0 Å². The Morgan fingerprint density at radius 3 is 2.50 bits per heavy atom. The smallest absolute Gasteiger partial charge is 0.191 e. The number of hydrogen-bond donors (Lipinski definition) is 2. The molecule has 0 spiro atoms. The van der Waals surface area contributed by atoms with E-state index in [1.807, 2.05) is 19.2 Å². The van der Waals surface area contributed by atoms with Crippen molar-refractivity contribution in [3.05, 3.63) is 34.9 Å². The average Bonchev–Trinajstić information content (AvgIpc) is 3.10. The van der Waals surface area contributed by atoms with Crippen molar-refractivity contribution in [1.29, 1.82) is 0 Å². The summed E-state index contributed by atoms with van der Waals surface area (Å²) in [6.45, 7) is 13.1. The molecule has 0 aliphatic carbocycles. The Kier molecular flexibility index (Phi) is 10.6. The van der Waals surface area contributed by atoms with E-state index in [0.29, 0.717) is 18.0 Å². The molecule has 0 aromatic heterocycles. The summed E-state index contributed by atoms with van der Waals surface area (Å²) in [6, 6.07) is 9.30. The van der Waals surface area contributed by atoms with Crippen LogP contribution in [0.1, 0.15) is 32.4 Å². The van der Waals surface area contributed by atoms with Gasteiger partial charge in [-0.2, -0.15) is 0 Å². The van der Waals surface area contributed by atoms with Gasteiger partial charge >= 0.3 is 0 Å². The van der Waals surface area contributed by atoms with Crippen molar-refractivity contribution in [2.24, 2.45) is 10.9 Å². The second kappa shape index (κ2) is 12.4. The minimum Gasteiger partial charge on any atom is -0.379 e. The molecule has 2 heterocycles. The Labute approximate surface area is 203 Å². The third-order valence-electron chi connectivity index (χ3n) is 6.13. The SMILES string of the molecule is CN=C(NCC(c1ccccc1Cl)N1CCOCC1)NC1CN(C(C)C)CC1C.I. The zero-order chi connectivity index (χ0) is 20.8. The zero-order valence-electron chi connectivity index (χ0n) is 18.6. The first kappa shape index (κ1) is 25.6. The van der Waals surface area contributed by atoms with Gasteiger partial charge in [0.2, 0.25) is 0 Å². The fourth-order valence-electron chi connectivity index (χ4n) is 4.25. The fourth-order valence-corrected chi connectivity index (χ4v) is 4.51. The number of nitrogens with one attached hydrogen (secondary N) is 2. The van der Waals surface area contributed by atoms with Crippen molar-refractivity contribution in [1.82, 2.24) is 20.4 Å². The molecule has 2 saturated heterocycles. The normalized spacial score (nSPS) is 24.5. The Balaban J connectivity index is 0.00000320. The summed E-state index contributed by atoms with van der Waals surface area (Å²) < 4.78 is 5.56. The third kappa shape index (κ3) is 6.69. The summed E-state index contributed by atoms with van der Waals surface area (Å²) >= 11 is 6.55. The zero-order valence-corrected chi connectivity index (χ0v) is 21.7. The lowest BCUT2D eigenvalue weighted by molar-refractivity contribution is 0.0170. The van der Waals surface area contributed by atoms with Crippen LogP contribution < -0.4 is 10.6 Å². The molecule has 1 aromatic rings. The van der Waals surface area contributed by atoms with Gasteiger partial charge in [0, 0.05) is 56.9 Å². The van der Waals surface area contributed by atoms with E-state index >= 15 is 0 Å². The summed E-state index contributed by atoms with van der Waals surface area (Å²) in [5.41, 5.74) is 1.15. The van der Waals surface area contributed by atoms with Gasteiger partial charge in [-0.3, -0.25) is 14.8 Å². The maximum atomic E-state index is 6.55. The molecule has 3 atom stereocenters. The van der Waals surface area contributed by atoms with Gasteiger partial charge in [0.1, 0.15) is 0 Å². The van der Waals surface area contributed by atoms with Crippen LogP contribution >= 0.6 is 35.6 Å². The van der Waals surface area contributed by atoms with Crippen molar-refractivity contribution < 1.29 is 4.74 Å². The number of guanidine groups is 1. The number of likely N-dealkylation sites (tertiary alicyclic amines) is 1. The summed E-state index contributed by atoms with van der Waals surface area (Å²) in [4.78, 5) is 9.46. The summed E-state index contributed by atoms with van der Waals surface area (Å²) in [5, 5.41) is 8.02. The Morgan fingerprint density at radius 2 is 1.90 bits per heavy atom. The van der Waals surface area contributed by atoms with E-state index in [1.54, 1.807) is 0 Å². The largest absolute Gasteiger partial charge is 0.379 e. The molecule has 0 saturated carbocycles. The van der Waals surface area contributed by atoms with Crippen molar-refractivity contribution in [2.75, 3.05) is 53.0 Å². The van der Waals surface area contributed by atoms with Crippen molar-refractivity contribution in [2.45, 2.75) is 38.9 Å². The highest BCUT2D eigenvalue weighted by atomic mass is 127. The first-order valence-electron chi connectivity index (χ1n) is 10.8. The average molecular weight is 550 g/mol. The highest BCUT2D eigenvalue weighted by Crippen LogP contribution is 2.28. The Hall–Kier alpha value is -0.610. The summed E-state index contributed by atoms with van der Waals surface area (Å²) in [5.74, 6) is 1.45. The number of morpholine rings is 1. The van der Waals surface area contributed by atoms with Crippen LogP contribution in [0.15, 0.2) is 29.3 Å². The molecule has 2 N–H and O–H groups in total. The molecule has 170 valence electrons. The third-order valence-corrected chi connectivity index (χ3v) is 6.47. The van der Waals surface area contributed by atoms with Gasteiger partial charge in [-0.1, -0.05) is 36.7 Å². The molecule has 2 aliphatic heterocycles. The second-order valence-electron chi connectivity index (χ2n) is 8.41. The number of nitrogens with zero attached hydrogens (tertiary/aromatic N) is 3. The number of halogens is 2. The van der Waals surface area contributed by atoms with Gasteiger partial charge in [-0.25, -0.2) is 0 Å². The number of aliphatic imine (C=N–C) groups is 1. The lowest BCUT2D eigenvalue weighted by Gasteiger charge is -2.35. The lowest BCUT2D eigenvalue weighted by Crippen LogP contribution is -2.50. The van der Waals surface area contributed by atoms with Crippen molar-refractivity contribution in [3.63, 3.8) is 0 Å². The van der Waals surface area contributed by atoms with Gasteiger partial charge in [-0.15, -0.1) is 24.0 Å². The lowest BCUT2D eigenvalue weighted by atomic mass is 10.0. The predicted molar refractivity (Wildman–Crippen MR) is 136 cm³/mol. The van der Waals surface area contributed by atoms with Crippen LogP contribution in [0.2, 0.25) is 5.02 Å². The highest BCUT2D eigenvalue weighted by molar-refractivity contribution is 14.0. The van der Waals surface area contributed by atoms with E-state index in [9.17, 15) is 0 Å². The molecule has 0 radical (unpaired) electrons. The molecule has 0 bridgehead atoms. The Bertz CT molecular complexity index is 683. The predicted octanol–water partition coefficient (Wildman–Crippen LogP) is 3.23. The highest BCUT2D eigenvalue weighted by Gasteiger charge is 2.31. The minimum atomic E-state index is 0. The Morgan fingerprint density at radius 1 is 1.20 bits per heavy atom. The molecular weight excluding hydrogens is 513 g/mol. The van der Waals surface area contributed by atoms with Gasteiger partial charge in [0.25, 0.3) is 0 Å². The molecule has 6 nitrogen and oxygen atoms in total. The molecule has 0 amide bonds. The molecule has 2 fully saturated rings. The van der Waals surface area contributed by atoms with E-state index in [4.69, 9.17) is 16.3 Å². The first-order chi connectivity index (χ1) is 14.0. The van der Waals surface area contributed by atoms with Gasteiger partial charge in [-0.05, 0) is 31.4 Å². The number of hydrogen-bond acceptors (Lipinski definition) is 4. The van der Waals surface area contributed by atoms with E-state index in [2.05, 4.69) is 58.3 Å². The molecule has 8 heteroatoms. The fraction of sp³-hybridized carbons (Fsp3) is 0.682. The number of ether oxygens (including phenoxy) is 1. The topological polar surface area (TPSA) is 52.1 Å². The number of benzene rings is 1. The van der Waals surface area contributed by atoms with Crippen LogP contribution in [-0.2, 0) is 4.74 Å². The van der Waals surface area contributed by atoms with Gasteiger partial charge in [0.05, 0.1) is 19.3 Å². The minimum absolute atomic E-state index is 0. The second-order valence-corrected chi connectivity index (χ2v) is 8.82. The van der Waals surface area contributed by atoms with E-state index in [-0.39, 0.29) is 30.0 Å². The maximum absolute atomic E-state index is 6.55. The molecule has 3 unspecified atom stereocenters. The molecule has 30 heavy (non-hydrogen) atoms. The molecule has 1 aromatic carbocycles. The van der Waals surface area contributed by atoms with E-state index in [0.717, 1.165) is 62.5 Å². The van der Waals surface area contributed by atoms with E-state index < -0.39 is 0 Å². The first-order valence-corrected chi connectivity index (χ1v) is 11.1. The van der Waals surface area contributed by atoms with Gasteiger partial charge in [0.15, 0.2) is 5.96 Å². The molecule has 2 aliphatic rings. The van der Waals surface area contributed by atoms with Crippen LogP contribution in [0.4, 0.5) is 0 Å². The van der Waals surface area contributed by atoms with Crippen LogP contribution in [0.3, 0.4) is 0 Å². The van der Waals surface area contributed by atoms with Crippen LogP contribution in [-0.4, -0.2) is 80.8 Å². The summed E-state index contributed by atoms with van der Waals surface area (Å²) in [6.07, 6.45) is 0. The van der Waals surface area contributed by atoms with Gasteiger partial charge < -0.3 is 15.4 Å². The maximum Gasteiger partial charge on any atom is 0.191 e. The van der Waals surface area contributed by atoms with Crippen LogP contribution in [0, 0.1) is 5.92 Å². The molecule has 3 rings (SSSR count).